The molecule has 1 aliphatic rings. The number of piperidine rings is 1. The molecule has 0 radical (unpaired) electrons. The van der Waals surface area contributed by atoms with Crippen LogP contribution in [0.4, 0.5) is 5.69 Å². The fraction of sp³-hybridized carbons (Fsp3) is 0.684. The van der Waals surface area contributed by atoms with Gasteiger partial charge < -0.3 is 10.2 Å². The topological polar surface area (TPSA) is 15.3 Å². The van der Waals surface area contributed by atoms with Crippen LogP contribution >= 0.6 is 0 Å². The summed E-state index contributed by atoms with van der Waals surface area (Å²) in [5.41, 5.74) is 2.95. The number of benzene rings is 1. The fourth-order valence-electron chi connectivity index (χ4n) is 3.26. The van der Waals surface area contributed by atoms with Crippen molar-refractivity contribution in [3.63, 3.8) is 0 Å². The summed E-state index contributed by atoms with van der Waals surface area (Å²) in [6.07, 6.45) is 2.51. The van der Waals surface area contributed by atoms with E-state index >= 15 is 0 Å². The van der Waals surface area contributed by atoms with Crippen LogP contribution in [0.15, 0.2) is 24.3 Å². The van der Waals surface area contributed by atoms with Crippen LogP contribution in [-0.4, -0.2) is 30.6 Å². The van der Waals surface area contributed by atoms with Gasteiger partial charge in [0.05, 0.1) is 0 Å². The molecule has 1 fully saturated rings. The highest BCUT2D eigenvalue weighted by atomic mass is 15.1. The van der Waals surface area contributed by atoms with E-state index in [-0.39, 0.29) is 5.41 Å². The summed E-state index contributed by atoms with van der Waals surface area (Å²) in [6.45, 7) is 15.2. The molecule has 1 saturated heterocycles. The Bertz CT molecular complexity index is 437. The standard InChI is InChI=1S/C19H32N2/c1-15(2)14-21-12-10-16(11-13-21)20-18-9-7-6-8-17(18)19(3,4)5/h6-9,15-16,20H,10-14H2,1-5H3. The molecule has 0 spiro atoms. The van der Waals surface area contributed by atoms with E-state index in [0.29, 0.717) is 6.04 Å². The van der Waals surface area contributed by atoms with Crippen molar-refractivity contribution >= 4 is 5.69 Å². The van der Waals surface area contributed by atoms with E-state index in [0.717, 1.165) is 5.92 Å². The lowest BCUT2D eigenvalue weighted by atomic mass is 9.85. The number of nitrogens with zero attached hydrogens (tertiary/aromatic N) is 1. The van der Waals surface area contributed by atoms with E-state index in [9.17, 15) is 0 Å². The highest BCUT2D eigenvalue weighted by molar-refractivity contribution is 5.54. The molecule has 118 valence electrons. The van der Waals surface area contributed by atoms with Crippen molar-refractivity contribution in [2.75, 3.05) is 25.0 Å². The van der Waals surface area contributed by atoms with E-state index in [1.165, 1.54) is 43.7 Å². The molecule has 0 aromatic heterocycles. The summed E-state index contributed by atoms with van der Waals surface area (Å²) in [5.74, 6) is 0.774. The normalized spacial score (nSPS) is 18.2. The molecule has 0 saturated carbocycles. The van der Waals surface area contributed by atoms with Gasteiger partial charge in [0.2, 0.25) is 0 Å². The van der Waals surface area contributed by atoms with Crippen molar-refractivity contribution in [3.8, 4) is 0 Å². The van der Waals surface area contributed by atoms with Gasteiger partial charge >= 0.3 is 0 Å². The van der Waals surface area contributed by atoms with Crippen LogP contribution < -0.4 is 5.32 Å². The third-order valence-corrected chi connectivity index (χ3v) is 4.31. The molecular weight excluding hydrogens is 256 g/mol. The Morgan fingerprint density at radius 2 is 1.76 bits per heavy atom. The molecule has 0 atom stereocenters. The predicted octanol–water partition coefficient (Wildman–Crippen LogP) is 4.52. The Balaban J connectivity index is 1.95. The molecule has 0 unspecified atom stereocenters. The molecule has 0 bridgehead atoms. The molecule has 1 aliphatic heterocycles. The number of hydrogen-bond donors (Lipinski definition) is 1. The number of nitrogens with one attached hydrogen (secondary N) is 1. The minimum Gasteiger partial charge on any atom is -0.382 e. The quantitative estimate of drug-likeness (QED) is 0.876. The third-order valence-electron chi connectivity index (χ3n) is 4.31. The van der Waals surface area contributed by atoms with Crippen molar-refractivity contribution in [1.82, 2.24) is 4.90 Å². The smallest absolute Gasteiger partial charge is 0.0380 e. The van der Waals surface area contributed by atoms with Crippen LogP contribution in [0.1, 0.15) is 53.0 Å². The lowest BCUT2D eigenvalue weighted by Gasteiger charge is -2.35. The van der Waals surface area contributed by atoms with Gasteiger partial charge in [-0.05, 0) is 35.8 Å². The summed E-state index contributed by atoms with van der Waals surface area (Å²) in [5, 5.41) is 3.80. The first-order valence-electron chi connectivity index (χ1n) is 8.44. The summed E-state index contributed by atoms with van der Waals surface area (Å²) < 4.78 is 0. The predicted molar refractivity (Wildman–Crippen MR) is 93.1 cm³/mol. The second-order valence-corrected chi connectivity index (χ2v) is 7.91. The molecular formula is C19H32N2. The average Bonchev–Trinajstić information content (AvgIpc) is 2.40. The SMILES string of the molecule is CC(C)CN1CCC(Nc2ccccc2C(C)(C)C)CC1. The van der Waals surface area contributed by atoms with E-state index in [2.05, 4.69) is 69.1 Å². The van der Waals surface area contributed by atoms with Gasteiger partial charge in [0, 0.05) is 31.4 Å². The molecule has 1 aromatic rings. The maximum absolute atomic E-state index is 3.80. The first-order chi connectivity index (χ1) is 9.86. The van der Waals surface area contributed by atoms with Gasteiger partial charge in [0.15, 0.2) is 0 Å². The molecule has 21 heavy (non-hydrogen) atoms. The van der Waals surface area contributed by atoms with Crippen molar-refractivity contribution in [2.45, 2.75) is 58.9 Å². The highest BCUT2D eigenvalue weighted by Crippen LogP contribution is 2.30. The Kier molecular flexibility index (Phi) is 5.32. The van der Waals surface area contributed by atoms with E-state index in [1.807, 2.05) is 0 Å². The third kappa shape index (κ3) is 4.74. The van der Waals surface area contributed by atoms with Gasteiger partial charge in [-0.3, -0.25) is 0 Å². The zero-order valence-corrected chi connectivity index (χ0v) is 14.4. The maximum atomic E-state index is 3.80. The van der Waals surface area contributed by atoms with Crippen molar-refractivity contribution in [2.24, 2.45) is 5.92 Å². The molecule has 1 aromatic carbocycles. The number of likely N-dealkylation sites (tertiary alicyclic amines) is 1. The molecule has 0 amide bonds. The number of hydrogen-bond acceptors (Lipinski definition) is 2. The van der Waals surface area contributed by atoms with Gasteiger partial charge in [-0.1, -0.05) is 52.8 Å². The van der Waals surface area contributed by atoms with Crippen molar-refractivity contribution < 1.29 is 0 Å². The first-order valence-corrected chi connectivity index (χ1v) is 8.44. The monoisotopic (exact) mass is 288 g/mol. The van der Waals surface area contributed by atoms with Crippen LogP contribution in [0.3, 0.4) is 0 Å². The minimum atomic E-state index is 0.196. The lowest BCUT2D eigenvalue weighted by molar-refractivity contribution is 0.198. The van der Waals surface area contributed by atoms with Crippen LogP contribution in [0, 0.1) is 5.92 Å². The molecule has 2 heteroatoms. The minimum absolute atomic E-state index is 0.196. The molecule has 2 rings (SSSR count). The van der Waals surface area contributed by atoms with E-state index in [1.54, 1.807) is 0 Å². The largest absolute Gasteiger partial charge is 0.382 e. The van der Waals surface area contributed by atoms with Crippen LogP contribution in [-0.2, 0) is 5.41 Å². The summed E-state index contributed by atoms with van der Waals surface area (Å²) in [7, 11) is 0. The molecule has 1 N–H and O–H groups in total. The fourth-order valence-corrected chi connectivity index (χ4v) is 3.26. The Morgan fingerprint density at radius 1 is 1.14 bits per heavy atom. The molecule has 0 aliphatic carbocycles. The van der Waals surface area contributed by atoms with Gasteiger partial charge in [-0.2, -0.15) is 0 Å². The average molecular weight is 288 g/mol. The van der Waals surface area contributed by atoms with Crippen LogP contribution in [0.2, 0.25) is 0 Å². The maximum Gasteiger partial charge on any atom is 0.0380 e. The van der Waals surface area contributed by atoms with Crippen LogP contribution in [0.25, 0.3) is 0 Å². The zero-order valence-electron chi connectivity index (χ0n) is 14.4. The van der Waals surface area contributed by atoms with Gasteiger partial charge in [0.1, 0.15) is 0 Å². The number of para-hydroxylation sites is 1. The second-order valence-electron chi connectivity index (χ2n) is 7.91. The van der Waals surface area contributed by atoms with Gasteiger partial charge in [0.25, 0.3) is 0 Å². The molecule has 1 heterocycles. The lowest BCUT2D eigenvalue weighted by Crippen LogP contribution is -2.40. The summed E-state index contributed by atoms with van der Waals surface area (Å²) in [4.78, 5) is 2.61. The second kappa shape index (κ2) is 6.83. The Labute approximate surface area is 130 Å². The summed E-state index contributed by atoms with van der Waals surface area (Å²) in [6, 6.07) is 9.41. The number of rotatable bonds is 4. The number of anilines is 1. The van der Waals surface area contributed by atoms with Gasteiger partial charge in [-0.15, -0.1) is 0 Å². The first kappa shape index (κ1) is 16.4. The van der Waals surface area contributed by atoms with Crippen molar-refractivity contribution in [3.05, 3.63) is 29.8 Å². The van der Waals surface area contributed by atoms with E-state index < -0.39 is 0 Å². The molecule has 2 nitrogen and oxygen atoms in total. The Hall–Kier alpha value is -1.02. The summed E-state index contributed by atoms with van der Waals surface area (Å²) >= 11 is 0. The highest BCUT2D eigenvalue weighted by Gasteiger charge is 2.22. The van der Waals surface area contributed by atoms with E-state index in [4.69, 9.17) is 0 Å². The van der Waals surface area contributed by atoms with Crippen molar-refractivity contribution in [1.29, 1.82) is 0 Å². The zero-order chi connectivity index (χ0) is 15.5. The Morgan fingerprint density at radius 3 is 2.33 bits per heavy atom. The van der Waals surface area contributed by atoms with Gasteiger partial charge in [-0.25, -0.2) is 0 Å². The van der Waals surface area contributed by atoms with Crippen LogP contribution in [0.5, 0.6) is 0 Å².